The molecule has 0 aromatic rings. The van der Waals surface area contributed by atoms with Crippen LogP contribution >= 0.6 is 0 Å². The van der Waals surface area contributed by atoms with Gasteiger partial charge in [-0.25, -0.2) is 15.2 Å². The third-order valence-electron chi connectivity index (χ3n) is 1.81. The van der Waals surface area contributed by atoms with E-state index in [1.54, 1.807) is 0 Å². The molecular formula is C7H14N2O2. The lowest BCUT2D eigenvalue weighted by Gasteiger charge is -2.17. The van der Waals surface area contributed by atoms with Gasteiger partial charge in [0.15, 0.2) is 0 Å². The minimum absolute atomic E-state index is 0.502. The average molecular weight is 158 g/mol. The second-order valence-corrected chi connectivity index (χ2v) is 2.83. The molecule has 1 aliphatic rings. The molecule has 64 valence electrons. The summed E-state index contributed by atoms with van der Waals surface area (Å²) in [5.74, 6) is 0.711. The number of hydrogen-bond donors (Lipinski definition) is 2. The molecule has 0 unspecified atom stereocenters. The quantitative estimate of drug-likeness (QED) is 0.598. The van der Waals surface area contributed by atoms with Crippen molar-refractivity contribution in [2.24, 2.45) is 5.92 Å². The van der Waals surface area contributed by atoms with Gasteiger partial charge in [0.05, 0.1) is 0 Å². The van der Waals surface area contributed by atoms with Gasteiger partial charge in [0.1, 0.15) is 0 Å². The Morgan fingerprint density at radius 2 is 2.36 bits per heavy atom. The number of hydrazine groups is 1. The predicted octanol–water partition coefficient (Wildman–Crippen LogP) is 0.901. The first kappa shape index (κ1) is 8.33. The van der Waals surface area contributed by atoms with Gasteiger partial charge >= 0.3 is 6.09 Å². The molecule has 4 heteroatoms. The Balaban J connectivity index is 2.13. The topological polar surface area (TPSA) is 52.6 Å². The second kappa shape index (κ2) is 3.57. The Bertz CT molecular complexity index is 145. The smallest absolute Gasteiger partial charge is 0.421 e. The van der Waals surface area contributed by atoms with Crippen LogP contribution in [0.3, 0.4) is 0 Å². The van der Waals surface area contributed by atoms with Gasteiger partial charge in [0.25, 0.3) is 0 Å². The van der Waals surface area contributed by atoms with E-state index in [0.717, 1.165) is 6.54 Å². The summed E-state index contributed by atoms with van der Waals surface area (Å²) in [6.45, 7) is 3.12. The van der Waals surface area contributed by atoms with E-state index in [0.29, 0.717) is 12.5 Å². The Morgan fingerprint density at radius 1 is 1.73 bits per heavy atom. The van der Waals surface area contributed by atoms with Gasteiger partial charge in [-0.15, -0.1) is 0 Å². The van der Waals surface area contributed by atoms with Crippen LogP contribution in [0.4, 0.5) is 4.79 Å². The Labute approximate surface area is 66.2 Å². The van der Waals surface area contributed by atoms with Crippen LogP contribution in [0.25, 0.3) is 0 Å². The molecule has 11 heavy (non-hydrogen) atoms. The minimum atomic E-state index is -0.895. The monoisotopic (exact) mass is 158 g/mol. The zero-order valence-electron chi connectivity index (χ0n) is 6.71. The van der Waals surface area contributed by atoms with Crippen molar-refractivity contribution in [3.05, 3.63) is 0 Å². The molecule has 2 N–H and O–H groups in total. The highest BCUT2D eigenvalue weighted by Crippen LogP contribution is 2.27. The average Bonchev–Trinajstić information content (AvgIpc) is 2.72. The number of hydrogen-bond acceptors (Lipinski definition) is 2. The highest BCUT2D eigenvalue weighted by atomic mass is 16.4. The van der Waals surface area contributed by atoms with Crippen molar-refractivity contribution in [1.82, 2.24) is 10.4 Å². The van der Waals surface area contributed by atoms with Crippen molar-refractivity contribution in [3.63, 3.8) is 0 Å². The summed E-state index contributed by atoms with van der Waals surface area (Å²) in [5.41, 5.74) is 2.86. The number of nitrogens with zero attached hydrogens (tertiary/aromatic N) is 1. The SMILES string of the molecule is CCN(NCC1CC1)C(=O)O. The first-order valence-corrected chi connectivity index (χ1v) is 3.98. The molecule has 0 radical (unpaired) electrons. The predicted molar refractivity (Wildman–Crippen MR) is 41.1 cm³/mol. The van der Waals surface area contributed by atoms with E-state index in [4.69, 9.17) is 5.11 Å². The van der Waals surface area contributed by atoms with Crippen molar-refractivity contribution in [1.29, 1.82) is 0 Å². The molecule has 1 saturated carbocycles. The second-order valence-electron chi connectivity index (χ2n) is 2.83. The first-order chi connectivity index (χ1) is 5.24. The Morgan fingerprint density at radius 3 is 2.73 bits per heavy atom. The first-order valence-electron chi connectivity index (χ1n) is 3.98. The van der Waals surface area contributed by atoms with Crippen LogP contribution in [0, 0.1) is 5.92 Å². The molecule has 0 aliphatic heterocycles. The zero-order valence-corrected chi connectivity index (χ0v) is 6.71. The number of nitrogens with one attached hydrogen (secondary N) is 1. The molecule has 1 aliphatic carbocycles. The third-order valence-corrected chi connectivity index (χ3v) is 1.81. The van der Waals surface area contributed by atoms with E-state index >= 15 is 0 Å². The third kappa shape index (κ3) is 2.76. The van der Waals surface area contributed by atoms with Crippen LogP contribution in [0.2, 0.25) is 0 Å². The van der Waals surface area contributed by atoms with E-state index in [1.807, 2.05) is 6.92 Å². The van der Waals surface area contributed by atoms with Gasteiger partial charge < -0.3 is 5.11 Å². The molecule has 0 atom stereocenters. The van der Waals surface area contributed by atoms with Gasteiger partial charge in [-0.2, -0.15) is 0 Å². The van der Waals surface area contributed by atoms with Crippen LogP contribution in [0.5, 0.6) is 0 Å². The molecule has 1 rings (SSSR count). The van der Waals surface area contributed by atoms with Gasteiger partial charge in [0, 0.05) is 13.1 Å². The van der Waals surface area contributed by atoms with Gasteiger partial charge in [-0.1, -0.05) is 0 Å². The summed E-state index contributed by atoms with van der Waals surface area (Å²) in [5, 5.41) is 9.79. The Kier molecular flexibility index (Phi) is 2.70. The highest BCUT2D eigenvalue weighted by molar-refractivity contribution is 5.64. The Hall–Kier alpha value is -0.770. The number of rotatable bonds is 4. The summed E-state index contributed by atoms with van der Waals surface area (Å²) in [4.78, 5) is 10.4. The summed E-state index contributed by atoms with van der Waals surface area (Å²) in [6.07, 6.45) is 1.59. The summed E-state index contributed by atoms with van der Waals surface area (Å²) in [7, 11) is 0. The molecular weight excluding hydrogens is 144 g/mol. The summed E-state index contributed by atoms with van der Waals surface area (Å²) >= 11 is 0. The molecule has 1 fully saturated rings. The fourth-order valence-corrected chi connectivity index (χ4v) is 0.876. The number of amides is 1. The largest absolute Gasteiger partial charge is 0.464 e. The van der Waals surface area contributed by atoms with E-state index in [1.165, 1.54) is 17.9 Å². The standard InChI is InChI=1S/C7H14N2O2/c1-2-9(7(10)11)8-5-6-3-4-6/h6,8H,2-5H2,1H3,(H,10,11). The molecule has 0 heterocycles. The maximum Gasteiger partial charge on any atom is 0.421 e. The molecule has 1 amide bonds. The van der Waals surface area contributed by atoms with Crippen LogP contribution < -0.4 is 5.43 Å². The fraction of sp³-hybridized carbons (Fsp3) is 0.857. The van der Waals surface area contributed by atoms with Crippen molar-refractivity contribution < 1.29 is 9.90 Å². The lowest BCUT2D eigenvalue weighted by Crippen LogP contribution is -2.42. The van der Waals surface area contributed by atoms with Gasteiger partial charge in [-0.3, -0.25) is 0 Å². The maximum absolute atomic E-state index is 10.4. The molecule has 0 aromatic carbocycles. The fourth-order valence-electron chi connectivity index (χ4n) is 0.876. The van der Waals surface area contributed by atoms with Crippen molar-refractivity contribution in [2.45, 2.75) is 19.8 Å². The minimum Gasteiger partial charge on any atom is -0.464 e. The van der Waals surface area contributed by atoms with Crippen molar-refractivity contribution >= 4 is 6.09 Å². The van der Waals surface area contributed by atoms with Crippen molar-refractivity contribution in [3.8, 4) is 0 Å². The number of carbonyl (C=O) groups is 1. The summed E-state index contributed by atoms with van der Waals surface area (Å²) in [6, 6.07) is 0. The van der Waals surface area contributed by atoms with E-state index < -0.39 is 6.09 Å². The van der Waals surface area contributed by atoms with Crippen LogP contribution in [0.15, 0.2) is 0 Å². The lowest BCUT2D eigenvalue weighted by molar-refractivity contribution is 0.122. The van der Waals surface area contributed by atoms with E-state index in [-0.39, 0.29) is 0 Å². The van der Waals surface area contributed by atoms with Crippen LogP contribution in [-0.2, 0) is 0 Å². The van der Waals surface area contributed by atoms with Gasteiger partial charge in [0.2, 0.25) is 0 Å². The molecule has 0 saturated heterocycles. The van der Waals surface area contributed by atoms with E-state index in [9.17, 15) is 4.79 Å². The van der Waals surface area contributed by atoms with Crippen LogP contribution in [0.1, 0.15) is 19.8 Å². The molecule has 0 spiro atoms. The molecule has 4 nitrogen and oxygen atoms in total. The lowest BCUT2D eigenvalue weighted by atomic mass is 10.4. The zero-order chi connectivity index (χ0) is 8.27. The van der Waals surface area contributed by atoms with E-state index in [2.05, 4.69) is 5.43 Å². The highest BCUT2D eigenvalue weighted by Gasteiger charge is 2.22. The van der Waals surface area contributed by atoms with Crippen LogP contribution in [-0.4, -0.2) is 29.3 Å². The summed E-state index contributed by atoms with van der Waals surface area (Å²) < 4.78 is 0. The van der Waals surface area contributed by atoms with Crippen molar-refractivity contribution in [2.75, 3.05) is 13.1 Å². The molecule has 0 bridgehead atoms. The number of carboxylic acid groups (broad SMARTS) is 1. The van der Waals surface area contributed by atoms with Gasteiger partial charge in [-0.05, 0) is 25.7 Å². The normalized spacial score (nSPS) is 16.5. The maximum atomic E-state index is 10.4. The molecule has 0 aromatic heterocycles.